The summed E-state index contributed by atoms with van der Waals surface area (Å²) in [5, 5.41) is 11.2. The molecule has 0 amide bonds. The molecule has 0 radical (unpaired) electrons. The van der Waals surface area contributed by atoms with Crippen LogP contribution in [-0.4, -0.2) is 14.8 Å². The number of para-hydroxylation sites is 1. The molecule has 1 aromatic carbocycles. The largest absolute Gasteiger partial charge is 0.374 e. The minimum atomic E-state index is -0.378. The van der Waals surface area contributed by atoms with Crippen molar-refractivity contribution in [3.63, 3.8) is 0 Å². The van der Waals surface area contributed by atoms with E-state index < -0.39 is 0 Å². The van der Waals surface area contributed by atoms with E-state index in [1.54, 1.807) is 12.1 Å². The lowest BCUT2D eigenvalue weighted by atomic mass is 10.3. The molecule has 0 spiro atoms. The van der Waals surface area contributed by atoms with E-state index in [2.05, 4.69) is 15.5 Å². The predicted molar refractivity (Wildman–Crippen MR) is 64.5 cm³/mol. The van der Waals surface area contributed by atoms with E-state index in [9.17, 15) is 4.39 Å². The summed E-state index contributed by atoms with van der Waals surface area (Å²) >= 11 is 5.90. The first-order chi connectivity index (χ1) is 8.09. The molecule has 0 saturated heterocycles. The van der Waals surface area contributed by atoms with Crippen LogP contribution in [0.3, 0.4) is 0 Å². The van der Waals surface area contributed by atoms with Crippen LogP contribution in [0.15, 0.2) is 18.2 Å². The van der Waals surface area contributed by atoms with Gasteiger partial charge in [0.2, 0.25) is 0 Å². The molecule has 0 fully saturated rings. The standard InChI is InChI=1S/C11H12ClFN4/c1-7-15-16-10(17(7)2)6-14-11-8(12)4-3-5-9(11)13/h3-5,14H,6H2,1-2H3. The van der Waals surface area contributed by atoms with Crippen molar-refractivity contribution in [3.8, 4) is 0 Å². The van der Waals surface area contributed by atoms with Gasteiger partial charge in [0.1, 0.15) is 11.6 Å². The number of aryl methyl sites for hydroxylation is 1. The fourth-order valence-corrected chi connectivity index (χ4v) is 1.67. The Morgan fingerprint density at radius 3 is 2.76 bits per heavy atom. The number of nitrogens with zero attached hydrogens (tertiary/aromatic N) is 3. The van der Waals surface area contributed by atoms with Crippen LogP contribution in [-0.2, 0) is 13.6 Å². The number of hydrogen-bond acceptors (Lipinski definition) is 3. The molecular weight excluding hydrogens is 243 g/mol. The summed E-state index contributed by atoms with van der Waals surface area (Å²) in [4.78, 5) is 0. The van der Waals surface area contributed by atoms with Gasteiger partial charge >= 0.3 is 0 Å². The summed E-state index contributed by atoms with van der Waals surface area (Å²) in [6.07, 6.45) is 0. The van der Waals surface area contributed by atoms with Crippen molar-refractivity contribution in [1.82, 2.24) is 14.8 Å². The smallest absolute Gasteiger partial charge is 0.152 e. The Balaban J connectivity index is 2.15. The van der Waals surface area contributed by atoms with Crippen LogP contribution in [0.1, 0.15) is 11.6 Å². The fourth-order valence-electron chi connectivity index (χ4n) is 1.44. The molecule has 0 aliphatic carbocycles. The van der Waals surface area contributed by atoms with Gasteiger partial charge in [0.15, 0.2) is 5.82 Å². The lowest BCUT2D eigenvalue weighted by Gasteiger charge is -2.08. The zero-order valence-corrected chi connectivity index (χ0v) is 10.3. The van der Waals surface area contributed by atoms with Crippen molar-refractivity contribution in [2.75, 3.05) is 5.32 Å². The second-order valence-corrected chi connectivity index (χ2v) is 4.08. The number of halogens is 2. The van der Waals surface area contributed by atoms with Crippen LogP contribution in [0, 0.1) is 12.7 Å². The molecule has 1 heterocycles. The van der Waals surface area contributed by atoms with Gasteiger partial charge in [-0.3, -0.25) is 0 Å². The molecule has 1 N–H and O–H groups in total. The molecule has 90 valence electrons. The molecule has 2 rings (SSSR count). The van der Waals surface area contributed by atoms with Gasteiger partial charge < -0.3 is 9.88 Å². The first kappa shape index (κ1) is 11.9. The topological polar surface area (TPSA) is 42.7 Å². The summed E-state index contributed by atoms with van der Waals surface area (Å²) in [6, 6.07) is 4.56. The van der Waals surface area contributed by atoms with E-state index in [1.165, 1.54) is 6.07 Å². The van der Waals surface area contributed by atoms with Crippen LogP contribution < -0.4 is 5.32 Å². The van der Waals surface area contributed by atoms with Crippen LogP contribution in [0.4, 0.5) is 10.1 Å². The zero-order valence-electron chi connectivity index (χ0n) is 9.54. The third-order valence-corrected chi connectivity index (χ3v) is 2.88. The average Bonchev–Trinajstić information content (AvgIpc) is 2.60. The Bertz CT molecular complexity index is 518. The highest BCUT2D eigenvalue weighted by Gasteiger charge is 2.09. The lowest BCUT2D eigenvalue weighted by molar-refractivity contribution is 0.629. The lowest BCUT2D eigenvalue weighted by Crippen LogP contribution is -2.08. The minimum absolute atomic E-state index is 0.287. The van der Waals surface area contributed by atoms with Crippen molar-refractivity contribution in [3.05, 3.63) is 40.7 Å². The number of nitrogens with one attached hydrogen (secondary N) is 1. The summed E-state index contributed by atoms with van der Waals surface area (Å²) < 4.78 is 15.3. The van der Waals surface area contributed by atoms with Gasteiger partial charge in [0.25, 0.3) is 0 Å². The molecule has 4 nitrogen and oxygen atoms in total. The molecule has 1 aromatic heterocycles. The maximum absolute atomic E-state index is 13.5. The number of rotatable bonds is 3. The molecule has 17 heavy (non-hydrogen) atoms. The van der Waals surface area contributed by atoms with Crippen molar-refractivity contribution < 1.29 is 4.39 Å². The highest BCUT2D eigenvalue weighted by molar-refractivity contribution is 6.33. The maximum atomic E-state index is 13.5. The number of benzene rings is 1. The molecule has 0 aliphatic rings. The first-order valence-corrected chi connectivity index (χ1v) is 5.50. The highest BCUT2D eigenvalue weighted by Crippen LogP contribution is 2.24. The first-order valence-electron chi connectivity index (χ1n) is 5.12. The predicted octanol–water partition coefficient (Wildman–Crippen LogP) is 2.53. The van der Waals surface area contributed by atoms with Crippen LogP contribution in [0.5, 0.6) is 0 Å². The zero-order chi connectivity index (χ0) is 12.4. The van der Waals surface area contributed by atoms with E-state index >= 15 is 0 Å². The second kappa shape index (κ2) is 4.71. The number of anilines is 1. The normalized spacial score (nSPS) is 10.6. The molecule has 0 saturated carbocycles. The van der Waals surface area contributed by atoms with Gasteiger partial charge in [-0.2, -0.15) is 0 Å². The maximum Gasteiger partial charge on any atom is 0.152 e. The van der Waals surface area contributed by atoms with E-state index in [1.807, 2.05) is 18.5 Å². The third kappa shape index (κ3) is 2.39. The van der Waals surface area contributed by atoms with Crippen molar-refractivity contribution >= 4 is 17.3 Å². The Kier molecular flexibility index (Phi) is 3.28. The van der Waals surface area contributed by atoms with Crippen LogP contribution in [0.25, 0.3) is 0 Å². The Morgan fingerprint density at radius 2 is 2.18 bits per heavy atom. The number of aromatic nitrogens is 3. The van der Waals surface area contributed by atoms with Gasteiger partial charge in [-0.15, -0.1) is 10.2 Å². The molecular formula is C11H12ClFN4. The molecule has 0 atom stereocenters. The van der Waals surface area contributed by atoms with Gasteiger partial charge in [-0.05, 0) is 19.1 Å². The summed E-state index contributed by atoms with van der Waals surface area (Å²) in [5.41, 5.74) is 0.287. The summed E-state index contributed by atoms with van der Waals surface area (Å²) in [7, 11) is 1.86. The molecule has 0 bridgehead atoms. The third-order valence-electron chi connectivity index (χ3n) is 2.57. The van der Waals surface area contributed by atoms with Crippen LogP contribution >= 0.6 is 11.6 Å². The summed E-state index contributed by atoms with van der Waals surface area (Å²) in [6.45, 7) is 2.23. The quantitative estimate of drug-likeness (QED) is 0.915. The average molecular weight is 255 g/mol. The monoisotopic (exact) mass is 254 g/mol. The highest BCUT2D eigenvalue weighted by atomic mass is 35.5. The van der Waals surface area contributed by atoms with Crippen molar-refractivity contribution in [2.24, 2.45) is 7.05 Å². The van der Waals surface area contributed by atoms with Gasteiger partial charge in [0.05, 0.1) is 17.3 Å². The van der Waals surface area contributed by atoms with E-state index in [0.717, 1.165) is 11.6 Å². The molecule has 0 unspecified atom stereocenters. The number of hydrogen-bond donors (Lipinski definition) is 1. The molecule has 2 aromatic rings. The van der Waals surface area contributed by atoms with Crippen molar-refractivity contribution in [2.45, 2.75) is 13.5 Å². The van der Waals surface area contributed by atoms with E-state index in [-0.39, 0.29) is 11.5 Å². The fraction of sp³-hybridized carbons (Fsp3) is 0.273. The van der Waals surface area contributed by atoms with Crippen molar-refractivity contribution in [1.29, 1.82) is 0 Å². The Labute approximate surface area is 103 Å². The second-order valence-electron chi connectivity index (χ2n) is 3.67. The molecule has 0 aliphatic heterocycles. The molecule has 6 heteroatoms. The van der Waals surface area contributed by atoms with E-state index in [4.69, 9.17) is 11.6 Å². The minimum Gasteiger partial charge on any atom is -0.374 e. The Morgan fingerprint density at radius 1 is 1.41 bits per heavy atom. The van der Waals surface area contributed by atoms with E-state index in [0.29, 0.717) is 11.6 Å². The Hall–Kier alpha value is -1.62. The van der Waals surface area contributed by atoms with Gasteiger partial charge in [0, 0.05) is 7.05 Å². The van der Waals surface area contributed by atoms with Gasteiger partial charge in [-0.25, -0.2) is 4.39 Å². The summed E-state index contributed by atoms with van der Waals surface area (Å²) in [5.74, 6) is 1.15. The van der Waals surface area contributed by atoms with Crippen LogP contribution in [0.2, 0.25) is 5.02 Å². The van der Waals surface area contributed by atoms with Gasteiger partial charge in [-0.1, -0.05) is 17.7 Å². The SMILES string of the molecule is Cc1nnc(CNc2c(F)cccc2Cl)n1C.